The third-order valence-electron chi connectivity index (χ3n) is 4.98. The fourth-order valence-corrected chi connectivity index (χ4v) is 3.60. The standard InChI is InChI=1S/C21H11F3N4O2/c1-27-19-17(18(26-27)10-2-4-11(22)5-3-10)16-13(9-25-19)20(29)28(21(16)30)12-6-7-14(23)15(24)8-12/h2-9H,1H3. The van der Waals surface area contributed by atoms with Gasteiger partial charge in [0.15, 0.2) is 17.3 Å². The van der Waals surface area contributed by atoms with Gasteiger partial charge in [-0.1, -0.05) is 0 Å². The van der Waals surface area contributed by atoms with Crippen molar-refractivity contribution < 1.29 is 22.8 Å². The first-order valence-electron chi connectivity index (χ1n) is 8.82. The van der Waals surface area contributed by atoms with Crippen LogP contribution in [0.4, 0.5) is 18.9 Å². The van der Waals surface area contributed by atoms with E-state index in [2.05, 4.69) is 10.1 Å². The quantitative estimate of drug-likeness (QED) is 0.473. The third kappa shape index (κ3) is 2.45. The molecule has 0 aliphatic carbocycles. The Morgan fingerprint density at radius 1 is 0.900 bits per heavy atom. The highest BCUT2D eigenvalue weighted by Crippen LogP contribution is 2.37. The maximum Gasteiger partial charge on any atom is 0.267 e. The Labute approximate surface area is 167 Å². The van der Waals surface area contributed by atoms with Gasteiger partial charge in [-0.05, 0) is 36.4 Å². The Morgan fingerprint density at radius 2 is 1.63 bits per heavy atom. The van der Waals surface area contributed by atoms with Crippen molar-refractivity contribution in [3.05, 3.63) is 77.2 Å². The van der Waals surface area contributed by atoms with Crippen LogP contribution >= 0.6 is 0 Å². The van der Waals surface area contributed by atoms with Crippen LogP contribution in [0.2, 0.25) is 0 Å². The van der Waals surface area contributed by atoms with E-state index in [-0.39, 0.29) is 16.8 Å². The maximum atomic E-state index is 13.7. The summed E-state index contributed by atoms with van der Waals surface area (Å²) in [5, 5.41) is 4.71. The van der Waals surface area contributed by atoms with Gasteiger partial charge in [0.25, 0.3) is 11.8 Å². The van der Waals surface area contributed by atoms with Crippen molar-refractivity contribution in [3.8, 4) is 11.3 Å². The van der Waals surface area contributed by atoms with Crippen molar-refractivity contribution in [2.45, 2.75) is 0 Å². The van der Waals surface area contributed by atoms with Gasteiger partial charge < -0.3 is 0 Å². The number of halogens is 3. The molecule has 0 radical (unpaired) electrons. The number of hydrogen-bond donors (Lipinski definition) is 0. The number of aromatic nitrogens is 3. The summed E-state index contributed by atoms with van der Waals surface area (Å²) in [6.07, 6.45) is 1.26. The number of rotatable bonds is 2. The van der Waals surface area contributed by atoms with Crippen LogP contribution in [0.25, 0.3) is 22.3 Å². The summed E-state index contributed by atoms with van der Waals surface area (Å²) in [4.78, 5) is 31.2. The number of aryl methyl sites for hydroxylation is 1. The second-order valence-electron chi connectivity index (χ2n) is 6.77. The molecule has 5 rings (SSSR count). The lowest BCUT2D eigenvalue weighted by Crippen LogP contribution is -2.29. The number of amides is 2. The molecular formula is C21H11F3N4O2. The Kier molecular flexibility index (Phi) is 3.76. The number of imide groups is 1. The van der Waals surface area contributed by atoms with Crippen molar-refractivity contribution in [3.63, 3.8) is 0 Å². The highest BCUT2D eigenvalue weighted by atomic mass is 19.2. The van der Waals surface area contributed by atoms with Crippen LogP contribution < -0.4 is 4.90 Å². The van der Waals surface area contributed by atoms with Crippen molar-refractivity contribution in [1.29, 1.82) is 0 Å². The molecule has 1 aliphatic rings. The molecular weight excluding hydrogens is 397 g/mol. The van der Waals surface area contributed by atoms with Gasteiger partial charge in [-0.15, -0.1) is 0 Å². The minimum absolute atomic E-state index is 0.0218. The summed E-state index contributed by atoms with van der Waals surface area (Å²) in [5.41, 5.74) is 1.21. The molecule has 0 saturated carbocycles. The second-order valence-corrected chi connectivity index (χ2v) is 6.77. The molecule has 0 unspecified atom stereocenters. The lowest BCUT2D eigenvalue weighted by Gasteiger charge is -2.13. The molecule has 0 bridgehead atoms. The lowest BCUT2D eigenvalue weighted by molar-refractivity contribution is 0.0926. The number of carbonyl (C=O) groups excluding carboxylic acids is 2. The van der Waals surface area contributed by atoms with Gasteiger partial charge in [0, 0.05) is 24.9 Å². The van der Waals surface area contributed by atoms with Crippen LogP contribution in [0.15, 0.2) is 48.7 Å². The van der Waals surface area contributed by atoms with E-state index in [1.54, 1.807) is 7.05 Å². The fourth-order valence-electron chi connectivity index (χ4n) is 3.60. The number of anilines is 1. The van der Waals surface area contributed by atoms with Crippen LogP contribution in [0.5, 0.6) is 0 Å². The first-order valence-corrected chi connectivity index (χ1v) is 8.82. The zero-order valence-corrected chi connectivity index (χ0v) is 15.4. The average Bonchev–Trinajstić information content (AvgIpc) is 3.19. The van der Waals surface area contributed by atoms with Crippen molar-refractivity contribution in [2.24, 2.45) is 7.05 Å². The van der Waals surface area contributed by atoms with Crippen LogP contribution in [-0.4, -0.2) is 26.6 Å². The molecule has 3 heterocycles. The van der Waals surface area contributed by atoms with Crippen LogP contribution in [0, 0.1) is 17.5 Å². The van der Waals surface area contributed by atoms with Crippen molar-refractivity contribution >= 4 is 28.5 Å². The monoisotopic (exact) mass is 408 g/mol. The summed E-state index contributed by atoms with van der Waals surface area (Å²) in [7, 11) is 1.63. The highest BCUT2D eigenvalue weighted by Gasteiger charge is 2.40. The lowest BCUT2D eigenvalue weighted by atomic mass is 10.0. The number of nitrogens with zero attached hydrogens (tertiary/aromatic N) is 4. The molecule has 0 spiro atoms. The largest absolute Gasteiger partial charge is 0.268 e. The molecule has 2 amide bonds. The Balaban J connectivity index is 1.75. The normalized spacial score (nSPS) is 13.4. The van der Waals surface area contributed by atoms with E-state index in [9.17, 15) is 22.8 Å². The Bertz CT molecular complexity index is 1380. The Morgan fingerprint density at radius 3 is 2.33 bits per heavy atom. The maximum absolute atomic E-state index is 13.7. The van der Waals surface area contributed by atoms with Gasteiger partial charge in [-0.3, -0.25) is 9.59 Å². The van der Waals surface area contributed by atoms with Gasteiger partial charge in [0.1, 0.15) is 11.5 Å². The summed E-state index contributed by atoms with van der Waals surface area (Å²) in [5.74, 6) is -4.11. The molecule has 0 N–H and O–H groups in total. The zero-order chi connectivity index (χ0) is 21.2. The van der Waals surface area contributed by atoms with Gasteiger partial charge in [-0.25, -0.2) is 27.7 Å². The molecule has 4 aromatic rings. The average molecular weight is 408 g/mol. The highest BCUT2D eigenvalue weighted by molar-refractivity contribution is 6.38. The molecule has 2 aromatic heterocycles. The van der Waals surface area contributed by atoms with Gasteiger partial charge in [0.05, 0.1) is 22.2 Å². The molecule has 0 fully saturated rings. The van der Waals surface area contributed by atoms with Crippen LogP contribution in [0.3, 0.4) is 0 Å². The molecule has 148 valence electrons. The van der Waals surface area contributed by atoms with E-state index >= 15 is 0 Å². The first-order chi connectivity index (χ1) is 14.4. The number of pyridine rings is 1. The molecule has 1 aliphatic heterocycles. The molecule has 9 heteroatoms. The topological polar surface area (TPSA) is 68.1 Å². The third-order valence-corrected chi connectivity index (χ3v) is 4.98. The van der Waals surface area contributed by atoms with E-state index < -0.39 is 29.3 Å². The SMILES string of the molecule is Cn1nc(-c2ccc(F)cc2)c2c3c(cnc21)C(=O)N(c1ccc(F)c(F)c1)C3=O. The zero-order valence-electron chi connectivity index (χ0n) is 15.4. The van der Waals surface area contributed by atoms with E-state index in [1.165, 1.54) is 35.1 Å². The first kappa shape index (κ1) is 18.0. The predicted octanol–water partition coefficient (Wildman–Crippen LogP) is 3.85. The second kappa shape index (κ2) is 6.24. The summed E-state index contributed by atoms with van der Waals surface area (Å²) >= 11 is 0. The van der Waals surface area contributed by atoms with Crippen molar-refractivity contribution in [1.82, 2.24) is 14.8 Å². The fraction of sp³-hybridized carbons (Fsp3) is 0.0476. The molecule has 2 aromatic carbocycles. The van der Waals surface area contributed by atoms with E-state index in [1.807, 2.05) is 0 Å². The smallest absolute Gasteiger partial charge is 0.267 e. The number of carbonyl (C=O) groups is 2. The molecule has 0 saturated heterocycles. The van der Waals surface area contributed by atoms with E-state index in [0.717, 1.165) is 23.1 Å². The van der Waals surface area contributed by atoms with E-state index in [0.29, 0.717) is 22.3 Å². The Hall–Kier alpha value is -4.01. The molecule has 6 nitrogen and oxygen atoms in total. The van der Waals surface area contributed by atoms with Gasteiger partial charge in [0.2, 0.25) is 0 Å². The van der Waals surface area contributed by atoms with Crippen LogP contribution in [0.1, 0.15) is 20.7 Å². The summed E-state index contributed by atoms with van der Waals surface area (Å²) in [6, 6.07) is 8.30. The minimum atomic E-state index is -1.18. The molecule has 0 atom stereocenters. The molecule has 30 heavy (non-hydrogen) atoms. The summed E-state index contributed by atoms with van der Waals surface area (Å²) < 4.78 is 41.8. The number of hydrogen-bond acceptors (Lipinski definition) is 4. The van der Waals surface area contributed by atoms with Gasteiger partial charge >= 0.3 is 0 Å². The minimum Gasteiger partial charge on any atom is -0.268 e. The van der Waals surface area contributed by atoms with Crippen LogP contribution in [-0.2, 0) is 7.05 Å². The predicted molar refractivity (Wildman–Crippen MR) is 101 cm³/mol. The van der Waals surface area contributed by atoms with Crippen molar-refractivity contribution in [2.75, 3.05) is 4.90 Å². The number of benzene rings is 2. The van der Waals surface area contributed by atoms with Gasteiger partial charge in [-0.2, -0.15) is 5.10 Å². The summed E-state index contributed by atoms with van der Waals surface area (Å²) in [6.45, 7) is 0. The van der Waals surface area contributed by atoms with E-state index in [4.69, 9.17) is 0 Å². The number of fused-ring (bicyclic) bond motifs is 3.